The average Bonchev–Trinajstić information content (AvgIpc) is 3.10. The van der Waals surface area contributed by atoms with E-state index in [4.69, 9.17) is 0 Å². The van der Waals surface area contributed by atoms with Crippen molar-refractivity contribution in [3.05, 3.63) is 48.6 Å². The molecule has 0 aromatic heterocycles. The molecule has 9 unspecified atom stereocenters. The van der Waals surface area contributed by atoms with Gasteiger partial charge in [0.1, 0.15) is 30.5 Å². The summed E-state index contributed by atoms with van der Waals surface area (Å²) in [4.78, 5) is 11.3. The van der Waals surface area contributed by atoms with Gasteiger partial charge in [0.15, 0.2) is 12.2 Å². The van der Waals surface area contributed by atoms with Crippen LogP contribution in [-0.2, 0) is 9.53 Å². The van der Waals surface area contributed by atoms with Crippen molar-refractivity contribution in [2.75, 3.05) is 0 Å². The van der Waals surface area contributed by atoms with E-state index < -0.39 is 60.7 Å². The van der Waals surface area contributed by atoms with Gasteiger partial charge in [0.25, 0.3) is 0 Å². The van der Waals surface area contributed by atoms with Gasteiger partial charge in [0.2, 0.25) is 0 Å². The van der Waals surface area contributed by atoms with Crippen LogP contribution >= 0.6 is 0 Å². The number of hydrogen-bond acceptors (Lipinski definition) is 9. The molecule has 0 aliphatic carbocycles. The molecule has 0 spiro atoms. The van der Waals surface area contributed by atoms with Crippen LogP contribution in [0.2, 0.25) is 0 Å². The highest BCUT2D eigenvalue weighted by Gasteiger charge is 2.50. The third kappa shape index (κ3) is 11.6. The summed E-state index contributed by atoms with van der Waals surface area (Å²) in [5.74, 6) is -1.67. The fraction of sp³-hybridized carbons (Fsp3) is 0.679. The molecule has 9 atom stereocenters. The van der Waals surface area contributed by atoms with Gasteiger partial charge >= 0.3 is 5.97 Å². The first-order valence-electron chi connectivity index (χ1n) is 12.9. The number of hydrogen-bond donors (Lipinski definition) is 7. The van der Waals surface area contributed by atoms with Crippen molar-refractivity contribution in [2.45, 2.75) is 109 Å². The maximum Gasteiger partial charge on any atom is 0.338 e. The summed E-state index contributed by atoms with van der Waals surface area (Å²) in [7, 11) is 0. The molecule has 0 radical (unpaired) electrons. The third-order valence-corrected chi connectivity index (χ3v) is 6.31. The molecular formula is C28H46O9. The number of carbonyl (C=O) groups is 1. The van der Waals surface area contributed by atoms with Crippen LogP contribution in [0.5, 0.6) is 0 Å². The molecule has 1 aliphatic heterocycles. The Morgan fingerprint density at radius 2 is 1.27 bits per heavy atom. The second-order valence-corrected chi connectivity index (χ2v) is 10.9. The number of ether oxygens (including phenoxy) is 1. The Balaban J connectivity index is 2.37. The Kier molecular flexibility index (Phi) is 14.5. The van der Waals surface area contributed by atoms with Crippen LogP contribution < -0.4 is 0 Å². The Morgan fingerprint density at radius 3 is 1.76 bits per heavy atom. The molecule has 9 nitrogen and oxygen atoms in total. The summed E-state index contributed by atoms with van der Waals surface area (Å²) < 4.78 is 4.62. The molecular weight excluding hydrogens is 480 g/mol. The van der Waals surface area contributed by atoms with Gasteiger partial charge in [-0.2, -0.15) is 0 Å². The lowest BCUT2D eigenvalue weighted by atomic mass is 9.89. The molecule has 1 fully saturated rings. The molecule has 1 saturated heterocycles. The zero-order valence-corrected chi connectivity index (χ0v) is 22.3. The smallest absolute Gasteiger partial charge is 0.338 e. The normalized spacial score (nSPS) is 26.2. The maximum atomic E-state index is 11.3. The van der Waals surface area contributed by atoms with Gasteiger partial charge in [-0.25, -0.2) is 4.79 Å². The summed E-state index contributed by atoms with van der Waals surface area (Å²) >= 11 is 0. The first kappa shape index (κ1) is 33.2. The minimum atomic E-state index is -2.05. The van der Waals surface area contributed by atoms with Crippen LogP contribution in [0.4, 0.5) is 0 Å². The third-order valence-electron chi connectivity index (χ3n) is 6.31. The van der Waals surface area contributed by atoms with E-state index in [1.54, 1.807) is 13.0 Å². The summed E-state index contributed by atoms with van der Waals surface area (Å²) in [6, 6.07) is 0. The lowest BCUT2D eigenvalue weighted by molar-refractivity contribution is -0.174. The number of cyclic esters (lactones) is 1. The van der Waals surface area contributed by atoms with Crippen molar-refractivity contribution in [3.63, 3.8) is 0 Å². The Morgan fingerprint density at radius 1 is 0.784 bits per heavy atom. The molecule has 1 aliphatic rings. The van der Waals surface area contributed by atoms with Crippen molar-refractivity contribution in [3.8, 4) is 0 Å². The number of unbranched alkanes of at least 4 members (excludes halogenated alkanes) is 1. The summed E-state index contributed by atoms with van der Waals surface area (Å²) in [5, 5.41) is 70.3. The zero-order chi connectivity index (χ0) is 28.2. The number of rotatable bonds is 15. The van der Waals surface area contributed by atoms with Crippen molar-refractivity contribution in [1.29, 1.82) is 0 Å². The van der Waals surface area contributed by atoms with E-state index >= 15 is 0 Å². The summed E-state index contributed by atoms with van der Waals surface area (Å²) in [6.45, 7) is 8.34. The molecule has 0 aromatic carbocycles. The molecule has 7 N–H and O–H groups in total. The van der Waals surface area contributed by atoms with Gasteiger partial charge < -0.3 is 40.5 Å². The SMILES string of the molecule is CC(CC=CC=CCCC=CC=CCCC(C)(C)C)C(O)C(O)C(O)C(O)C(O)C1OC(=O)C(O)C1O. The maximum absolute atomic E-state index is 11.3. The molecule has 37 heavy (non-hydrogen) atoms. The predicted octanol–water partition coefficient (Wildman–Crippen LogP) is 1.30. The Hall–Kier alpha value is -1.85. The second kappa shape index (κ2) is 16.2. The minimum Gasteiger partial charge on any atom is -0.455 e. The zero-order valence-electron chi connectivity index (χ0n) is 22.3. The van der Waals surface area contributed by atoms with Gasteiger partial charge in [-0.1, -0.05) is 76.3 Å². The van der Waals surface area contributed by atoms with Crippen molar-refractivity contribution >= 4 is 5.97 Å². The molecule has 1 rings (SSSR count). The van der Waals surface area contributed by atoms with E-state index in [-0.39, 0.29) is 0 Å². The molecule has 1 heterocycles. The van der Waals surface area contributed by atoms with Crippen LogP contribution in [0.15, 0.2) is 48.6 Å². The van der Waals surface area contributed by atoms with Crippen LogP contribution in [0.1, 0.15) is 59.8 Å². The number of allylic oxidation sites excluding steroid dienone is 8. The van der Waals surface area contributed by atoms with Crippen LogP contribution in [0, 0.1) is 11.3 Å². The van der Waals surface area contributed by atoms with Gasteiger partial charge in [-0.3, -0.25) is 0 Å². The lowest BCUT2D eigenvalue weighted by Crippen LogP contribution is -2.55. The van der Waals surface area contributed by atoms with Crippen molar-refractivity contribution in [1.82, 2.24) is 0 Å². The number of esters is 1. The van der Waals surface area contributed by atoms with Crippen LogP contribution in [0.3, 0.4) is 0 Å². The fourth-order valence-corrected chi connectivity index (χ4v) is 3.75. The minimum absolute atomic E-state index is 0.348. The second-order valence-electron chi connectivity index (χ2n) is 10.9. The first-order chi connectivity index (χ1) is 17.3. The molecule has 212 valence electrons. The molecule has 0 amide bonds. The fourth-order valence-electron chi connectivity index (χ4n) is 3.75. The van der Waals surface area contributed by atoms with E-state index in [1.165, 1.54) is 0 Å². The van der Waals surface area contributed by atoms with Gasteiger partial charge in [0.05, 0.1) is 6.10 Å². The monoisotopic (exact) mass is 526 g/mol. The lowest BCUT2D eigenvalue weighted by Gasteiger charge is -2.33. The van der Waals surface area contributed by atoms with Gasteiger partial charge in [-0.15, -0.1) is 0 Å². The Bertz CT molecular complexity index is 783. The predicted molar refractivity (Wildman–Crippen MR) is 140 cm³/mol. The molecule has 0 saturated carbocycles. The highest BCUT2D eigenvalue weighted by molar-refractivity contribution is 5.77. The molecule has 0 aromatic rings. The summed E-state index contributed by atoms with van der Waals surface area (Å²) in [6.07, 6.45) is 5.65. The van der Waals surface area contributed by atoms with E-state index in [1.807, 2.05) is 18.2 Å². The van der Waals surface area contributed by atoms with E-state index in [9.17, 15) is 40.5 Å². The standard InChI is InChI=1S/C28H46O9/c1-18(16-14-12-10-8-6-5-7-9-11-13-15-17-28(2,3)4)19(29)20(30)21(31)22(32)23(33)26-24(34)25(35)27(36)37-26/h7-14,18-26,29-35H,5-6,15-17H2,1-4H3. The molecule has 0 bridgehead atoms. The van der Waals surface area contributed by atoms with E-state index in [2.05, 4.69) is 49.8 Å². The highest BCUT2D eigenvalue weighted by Crippen LogP contribution is 2.24. The first-order valence-corrected chi connectivity index (χ1v) is 12.9. The number of aliphatic hydroxyl groups is 7. The average molecular weight is 527 g/mol. The number of aliphatic hydroxyl groups excluding tert-OH is 7. The van der Waals surface area contributed by atoms with Gasteiger partial charge in [-0.05, 0) is 43.4 Å². The molecule has 9 heteroatoms. The van der Waals surface area contributed by atoms with E-state index in [0.29, 0.717) is 11.8 Å². The van der Waals surface area contributed by atoms with E-state index in [0.717, 1.165) is 25.7 Å². The largest absolute Gasteiger partial charge is 0.455 e. The highest BCUT2D eigenvalue weighted by atomic mass is 16.6. The van der Waals surface area contributed by atoms with Gasteiger partial charge in [0, 0.05) is 0 Å². The van der Waals surface area contributed by atoms with Crippen molar-refractivity contribution in [2.24, 2.45) is 11.3 Å². The van der Waals surface area contributed by atoms with Crippen LogP contribution in [-0.4, -0.2) is 90.5 Å². The summed E-state index contributed by atoms with van der Waals surface area (Å²) in [5.41, 5.74) is 0.348. The van der Waals surface area contributed by atoms with Crippen LogP contribution in [0.25, 0.3) is 0 Å². The number of carbonyl (C=O) groups excluding carboxylic acids is 1. The Labute approximate surface area is 220 Å². The van der Waals surface area contributed by atoms with Crippen molar-refractivity contribution < 1.29 is 45.3 Å². The topological polar surface area (TPSA) is 168 Å². The quantitative estimate of drug-likeness (QED) is 0.0945.